The Morgan fingerprint density at radius 2 is 2.00 bits per heavy atom. The third-order valence-electron chi connectivity index (χ3n) is 4.57. The second kappa shape index (κ2) is 9.49. The zero-order chi connectivity index (χ0) is 20.9. The summed E-state index contributed by atoms with van der Waals surface area (Å²) in [6, 6.07) is 8.43. The lowest BCUT2D eigenvalue weighted by atomic mass is 10.1. The standard InChI is InChI=1S/C20H22F3N3O2S/c1-14-16(12-26-7-9-29-10-8-26)3-2-4-17(14)25-19(27)15-5-6-18(24-11-15)28-13-20(21,22)23/h2-6,11H,7-10,12-13H2,1H3,(H,25,27). The summed E-state index contributed by atoms with van der Waals surface area (Å²) in [5.74, 6) is 1.70. The molecule has 1 aliphatic heterocycles. The van der Waals surface area contributed by atoms with Gasteiger partial charge in [0.1, 0.15) is 0 Å². The quantitative estimate of drug-likeness (QED) is 0.754. The summed E-state index contributed by atoms with van der Waals surface area (Å²) in [6.07, 6.45) is -3.24. The molecule has 0 spiro atoms. The van der Waals surface area contributed by atoms with Crippen LogP contribution >= 0.6 is 11.8 Å². The van der Waals surface area contributed by atoms with Crippen molar-refractivity contribution in [2.75, 3.05) is 36.5 Å². The minimum atomic E-state index is -4.44. The number of halogens is 3. The predicted octanol–water partition coefficient (Wildman–Crippen LogP) is 4.13. The molecule has 1 aromatic carbocycles. The first-order valence-corrected chi connectivity index (χ1v) is 10.3. The number of carbonyl (C=O) groups is 1. The van der Waals surface area contributed by atoms with E-state index < -0.39 is 12.8 Å². The van der Waals surface area contributed by atoms with Crippen molar-refractivity contribution in [1.82, 2.24) is 9.88 Å². The van der Waals surface area contributed by atoms with E-state index in [-0.39, 0.29) is 17.4 Å². The molecule has 1 N–H and O–H groups in total. The lowest BCUT2D eigenvalue weighted by molar-refractivity contribution is -0.154. The van der Waals surface area contributed by atoms with Crippen molar-refractivity contribution in [3.63, 3.8) is 0 Å². The van der Waals surface area contributed by atoms with Gasteiger partial charge in [0, 0.05) is 49.1 Å². The maximum absolute atomic E-state index is 12.5. The highest BCUT2D eigenvalue weighted by atomic mass is 32.2. The molecule has 0 saturated carbocycles. The van der Waals surface area contributed by atoms with E-state index in [4.69, 9.17) is 0 Å². The van der Waals surface area contributed by atoms with Crippen molar-refractivity contribution < 1.29 is 22.7 Å². The number of ether oxygens (including phenoxy) is 1. The van der Waals surface area contributed by atoms with Gasteiger partial charge in [-0.1, -0.05) is 12.1 Å². The number of rotatable bonds is 6. The number of pyridine rings is 1. The molecule has 156 valence electrons. The van der Waals surface area contributed by atoms with Crippen LogP contribution in [0.1, 0.15) is 21.5 Å². The molecule has 2 heterocycles. The summed E-state index contributed by atoms with van der Waals surface area (Å²) in [5, 5.41) is 2.86. The van der Waals surface area contributed by atoms with Crippen LogP contribution in [0.4, 0.5) is 18.9 Å². The highest BCUT2D eigenvalue weighted by Crippen LogP contribution is 2.23. The van der Waals surface area contributed by atoms with E-state index >= 15 is 0 Å². The van der Waals surface area contributed by atoms with Crippen molar-refractivity contribution in [3.05, 3.63) is 53.2 Å². The number of aromatic nitrogens is 1. The maximum Gasteiger partial charge on any atom is 0.422 e. The fourth-order valence-corrected chi connectivity index (χ4v) is 3.92. The van der Waals surface area contributed by atoms with Gasteiger partial charge in [0.2, 0.25) is 5.88 Å². The first-order chi connectivity index (χ1) is 13.8. The number of nitrogens with one attached hydrogen (secondary N) is 1. The zero-order valence-electron chi connectivity index (χ0n) is 16.0. The Kier molecular flexibility index (Phi) is 7.02. The lowest BCUT2D eigenvalue weighted by Gasteiger charge is -2.27. The molecule has 2 aromatic rings. The van der Waals surface area contributed by atoms with Crippen LogP contribution in [0.25, 0.3) is 0 Å². The Labute approximate surface area is 171 Å². The summed E-state index contributed by atoms with van der Waals surface area (Å²) in [6.45, 7) is 3.48. The number of benzene rings is 1. The third-order valence-corrected chi connectivity index (χ3v) is 5.52. The molecule has 0 bridgehead atoms. The van der Waals surface area contributed by atoms with Crippen LogP contribution in [0, 0.1) is 6.92 Å². The number of thioether (sulfide) groups is 1. The number of carbonyl (C=O) groups excluding carboxylic acids is 1. The molecular formula is C20H22F3N3O2S. The molecule has 5 nitrogen and oxygen atoms in total. The second-order valence-electron chi connectivity index (χ2n) is 6.72. The Bertz CT molecular complexity index is 838. The second-order valence-corrected chi connectivity index (χ2v) is 7.95. The van der Waals surface area contributed by atoms with E-state index in [9.17, 15) is 18.0 Å². The Hall–Kier alpha value is -2.26. The van der Waals surface area contributed by atoms with Gasteiger partial charge in [-0.15, -0.1) is 0 Å². The predicted molar refractivity (Wildman–Crippen MR) is 108 cm³/mol. The first-order valence-electron chi connectivity index (χ1n) is 9.17. The molecular weight excluding hydrogens is 403 g/mol. The molecule has 0 atom stereocenters. The van der Waals surface area contributed by atoms with Gasteiger partial charge in [-0.05, 0) is 30.2 Å². The molecule has 0 aliphatic carbocycles. The van der Waals surface area contributed by atoms with Crippen LogP contribution in [-0.2, 0) is 6.54 Å². The number of nitrogens with zero attached hydrogens (tertiary/aromatic N) is 2. The highest BCUT2D eigenvalue weighted by Gasteiger charge is 2.28. The van der Waals surface area contributed by atoms with Gasteiger partial charge in [-0.3, -0.25) is 9.69 Å². The molecule has 0 unspecified atom stereocenters. The topological polar surface area (TPSA) is 54.5 Å². The van der Waals surface area contributed by atoms with E-state index in [1.165, 1.54) is 18.3 Å². The Balaban J connectivity index is 1.63. The van der Waals surface area contributed by atoms with E-state index in [2.05, 4.69) is 26.0 Å². The zero-order valence-corrected chi connectivity index (χ0v) is 16.8. The average Bonchev–Trinajstić information content (AvgIpc) is 2.70. The van der Waals surface area contributed by atoms with Gasteiger partial charge >= 0.3 is 6.18 Å². The molecule has 9 heteroatoms. The van der Waals surface area contributed by atoms with Gasteiger partial charge in [0.25, 0.3) is 5.91 Å². The van der Waals surface area contributed by atoms with Crippen LogP contribution < -0.4 is 10.1 Å². The van der Waals surface area contributed by atoms with Gasteiger partial charge in [0.15, 0.2) is 6.61 Å². The minimum absolute atomic E-state index is 0.184. The normalized spacial score (nSPS) is 15.2. The van der Waals surface area contributed by atoms with Gasteiger partial charge < -0.3 is 10.1 Å². The molecule has 0 radical (unpaired) electrons. The van der Waals surface area contributed by atoms with Gasteiger partial charge in [0.05, 0.1) is 5.56 Å². The first kappa shape index (κ1) is 21.4. The van der Waals surface area contributed by atoms with Crippen molar-refractivity contribution in [2.45, 2.75) is 19.6 Å². The monoisotopic (exact) mass is 425 g/mol. The molecule has 29 heavy (non-hydrogen) atoms. The van der Waals surface area contributed by atoms with E-state index in [0.717, 1.165) is 42.3 Å². The molecule has 1 saturated heterocycles. The summed E-state index contributed by atoms with van der Waals surface area (Å²) in [4.78, 5) is 18.7. The molecule has 3 rings (SSSR count). The van der Waals surface area contributed by atoms with Crippen LogP contribution in [-0.4, -0.2) is 53.2 Å². The van der Waals surface area contributed by atoms with E-state index in [0.29, 0.717) is 5.69 Å². The average molecular weight is 425 g/mol. The van der Waals surface area contributed by atoms with Crippen LogP contribution in [0.15, 0.2) is 36.5 Å². The van der Waals surface area contributed by atoms with Crippen molar-refractivity contribution in [2.24, 2.45) is 0 Å². The van der Waals surface area contributed by atoms with Gasteiger partial charge in [-0.25, -0.2) is 4.98 Å². The Morgan fingerprint density at radius 1 is 1.24 bits per heavy atom. The summed E-state index contributed by atoms with van der Waals surface area (Å²) in [5.41, 5.74) is 3.10. The third kappa shape index (κ3) is 6.37. The van der Waals surface area contributed by atoms with Crippen molar-refractivity contribution in [3.8, 4) is 5.88 Å². The molecule has 1 amide bonds. The van der Waals surface area contributed by atoms with Gasteiger partial charge in [-0.2, -0.15) is 24.9 Å². The van der Waals surface area contributed by atoms with Crippen LogP contribution in [0.5, 0.6) is 5.88 Å². The number of amides is 1. The molecule has 1 fully saturated rings. The SMILES string of the molecule is Cc1c(CN2CCSCC2)cccc1NC(=O)c1ccc(OCC(F)(F)F)nc1. The van der Waals surface area contributed by atoms with Crippen LogP contribution in [0.2, 0.25) is 0 Å². The fourth-order valence-electron chi connectivity index (χ4n) is 2.94. The minimum Gasteiger partial charge on any atom is -0.468 e. The Morgan fingerprint density at radius 3 is 2.66 bits per heavy atom. The largest absolute Gasteiger partial charge is 0.468 e. The highest BCUT2D eigenvalue weighted by molar-refractivity contribution is 7.99. The van der Waals surface area contributed by atoms with Crippen LogP contribution in [0.3, 0.4) is 0 Å². The summed E-state index contributed by atoms with van der Waals surface area (Å²) in [7, 11) is 0. The molecule has 1 aliphatic rings. The maximum atomic E-state index is 12.5. The number of alkyl halides is 3. The number of hydrogen-bond donors (Lipinski definition) is 1. The van der Waals surface area contributed by atoms with E-state index in [1.807, 2.05) is 30.8 Å². The number of hydrogen-bond acceptors (Lipinski definition) is 5. The number of anilines is 1. The summed E-state index contributed by atoms with van der Waals surface area (Å²) >= 11 is 1.96. The summed E-state index contributed by atoms with van der Waals surface area (Å²) < 4.78 is 41.1. The van der Waals surface area contributed by atoms with Crippen molar-refractivity contribution in [1.29, 1.82) is 0 Å². The smallest absolute Gasteiger partial charge is 0.422 e. The fraction of sp³-hybridized carbons (Fsp3) is 0.400. The molecule has 1 aromatic heterocycles. The van der Waals surface area contributed by atoms with Crippen molar-refractivity contribution >= 4 is 23.4 Å². The van der Waals surface area contributed by atoms with E-state index in [1.54, 1.807) is 0 Å². The lowest BCUT2D eigenvalue weighted by Crippen LogP contribution is -2.32.